The van der Waals surface area contributed by atoms with Crippen LogP contribution in [0.15, 0.2) is 96.1 Å². The Morgan fingerprint density at radius 1 is 0.947 bits per heavy atom. The third kappa shape index (κ3) is 6.11. The molecule has 3 aromatic carbocycles. The summed E-state index contributed by atoms with van der Waals surface area (Å²) >= 11 is 0. The molecule has 8 nitrogen and oxygen atoms in total. The van der Waals surface area contributed by atoms with Crippen molar-refractivity contribution in [3.8, 4) is 0 Å². The number of benzene rings is 3. The zero-order valence-electron chi connectivity index (χ0n) is 21.7. The summed E-state index contributed by atoms with van der Waals surface area (Å²) in [5, 5.41) is 6.11. The van der Waals surface area contributed by atoms with Crippen LogP contribution in [0.1, 0.15) is 26.3 Å². The van der Waals surface area contributed by atoms with Crippen LogP contribution in [-0.2, 0) is 35.1 Å². The Hall–Kier alpha value is -3.56. The summed E-state index contributed by atoms with van der Waals surface area (Å²) in [6.45, 7) is 5.81. The van der Waals surface area contributed by atoms with Crippen LogP contribution < -0.4 is 5.01 Å². The van der Waals surface area contributed by atoms with Crippen molar-refractivity contribution in [2.75, 3.05) is 5.01 Å². The van der Waals surface area contributed by atoms with Gasteiger partial charge in [-0.3, -0.25) is 0 Å². The standard InChI is InChI=1S/C30H32N2O6/c1-21(35-25(33)19-31-32(23-15-9-5-10-16-23)24-17-11-6-12-18-24)26-27(34-20-22-13-7-4-8-14-22)28-29(36-26)38-30(2,3)37-28/h4-19,21,26-29H,20H2,1-3H3/b31-19+/t21-,26+,27-,28+,29+/m0/s1. The molecule has 8 heteroatoms. The summed E-state index contributed by atoms with van der Waals surface area (Å²) in [6, 6.07) is 29.0. The average Bonchev–Trinajstić information content (AvgIpc) is 3.41. The van der Waals surface area contributed by atoms with E-state index in [1.807, 2.05) is 105 Å². The number of nitrogens with zero attached hydrogens (tertiary/aromatic N) is 2. The van der Waals surface area contributed by atoms with Crippen LogP contribution in [-0.4, -0.2) is 48.7 Å². The van der Waals surface area contributed by atoms with Gasteiger partial charge in [-0.05, 0) is 50.6 Å². The SMILES string of the molecule is C[C@H](OC(=O)/C=N/N(c1ccccc1)c1ccccc1)[C@H]1O[C@@H]2OC(C)(C)O[C@@H]2[C@H]1OCc1ccccc1. The molecule has 0 aromatic heterocycles. The third-order valence-corrected chi connectivity index (χ3v) is 6.36. The Bertz CT molecular complexity index is 1180. The van der Waals surface area contributed by atoms with Crippen LogP contribution in [0, 0.1) is 0 Å². The summed E-state index contributed by atoms with van der Waals surface area (Å²) in [7, 11) is 0. The summed E-state index contributed by atoms with van der Waals surface area (Å²) in [5.74, 6) is -1.39. The normalized spacial score (nSPS) is 24.7. The Morgan fingerprint density at radius 3 is 2.13 bits per heavy atom. The first-order valence-electron chi connectivity index (χ1n) is 12.7. The molecule has 2 aliphatic rings. The van der Waals surface area contributed by atoms with Crippen LogP contribution in [0.5, 0.6) is 0 Å². The van der Waals surface area contributed by atoms with Crippen molar-refractivity contribution in [3.63, 3.8) is 0 Å². The molecule has 5 rings (SSSR count). The fraction of sp³-hybridized carbons (Fsp3) is 0.333. The molecule has 38 heavy (non-hydrogen) atoms. The van der Waals surface area contributed by atoms with Crippen LogP contribution in [0.2, 0.25) is 0 Å². The minimum absolute atomic E-state index is 0.365. The molecule has 0 N–H and O–H groups in total. The molecule has 2 aliphatic heterocycles. The lowest BCUT2D eigenvalue weighted by molar-refractivity contribution is -0.231. The van der Waals surface area contributed by atoms with E-state index in [9.17, 15) is 4.79 Å². The number of anilines is 2. The molecule has 3 aromatic rings. The monoisotopic (exact) mass is 516 g/mol. The van der Waals surface area contributed by atoms with E-state index in [0.717, 1.165) is 16.9 Å². The molecule has 0 bridgehead atoms. The lowest BCUT2D eigenvalue weighted by Gasteiger charge is -2.29. The Kier molecular flexibility index (Phi) is 7.85. The number of fused-ring (bicyclic) bond motifs is 1. The zero-order chi connectivity index (χ0) is 26.5. The predicted octanol–water partition coefficient (Wildman–Crippen LogP) is 5.20. The maximum Gasteiger partial charge on any atom is 0.351 e. The molecule has 5 atom stereocenters. The molecule has 2 saturated heterocycles. The fourth-order valence-electron chi connectivity index (χ4n) is 4.64. The lowest BCUT2D eigenvalue weighted by atomic mass is 10.1. The number of rotatable bonds is 9. The number of carbonyl (C=O) groups excluding carboxylic acids is 1. The highest BCUT2D eigenvalue weighted by Crippen LogP contribution is 2.40. The molecule has 0 aliphatic carbocycles. The molecule has 0 spiro atoms. The first-order valence-corrected chi connectivity index (χ1v) is 12.7. The van der Waals surface area contributed by atoms with E-state index in [4.69, 9.17) is 23.7 Å². The Balaban J connectivity index is 1.28. The highest BCUT2D eigenvalue weighted by Gasteiger charge is 2.57. The number of para-hydroxylation sites is 2. The van der Waals surface area contributed by atoms with Crippen molar-refractivity contribution in [3.05, 3.63) is 96.6 Å². The Labute approximate surface area is 222 Å². The van der Waals surface area contributed by atoms with Gasteiger partial charge in [-0.2, -0.15) is 5.10 Å². The van der Waals surface area contributed by atoms with E-state index in [1.165, 1.54) is 6.21 Å². The van der Waals surface area contributed by atoms with Gasteiger partial charge in [0.15, 0.2) is 12.1 Å². The highest BCUT2D eigenvalue weighted by atomic mass is 16.8. The smallest absolute Gasteiger partial charge is 0.351 e. The third-order valence-electron chi connectivity index (χ3n) is 6.36. The number of hydrogen-bond acceptors (Lipinski definition) is 8. The van der Waals surface area contributed by atoms with Gasteiger partial charge in [0.1, 0.15) is 30.6 Å². The molecule has 0 unspecified atom stereocenters. The molecule has 198 valence electrons. The van der Waals surface area contributed by atoms with Gasteiger partial charge in [0, 0.05) is 0 Å². The number of hydrazone groups is 1. The maximum absolute atomic E-state index is 12.9. The summed E-state index contributed by atoms with van der Waals surface area (Å²) < 4.78 is 30.1. The number of carbonyl (C=O) groups is 1. The van der Waals surface area contributed by atoms with E-state index in [-0.39, 0.29) is 0 Å². The van der Waals surface area contributed by atoms with Gasteiger partial charge in [-0.15, -0.1) is 0 Å². The van der Waals surface area contributed by atoms with Crippen molar-refractivity contribution in [1.82, 2.24) is 0 Å². The minimum atomic E-state index is -0.792. The largest absolute Gasteiger partial charge is 0.455 e. The summed E-state index contributed by atoms with van der Waals surface area (Å²) in [4.78, 5) is 12.9. The summed E-state index contributed by atoms with van der Waals surface area (Å²) in [6.07, 6.45) is -1.61. The molecule has 0 radical (unpaired) electrons. The second-order valence-corrected chi connectivity index (χ2v) is 9.70. The van der Waals surface area contributed by atoms with E-state index < -0.39 is 42.5 Å². The second-order valence-electron chi connectivity index (χ2n) is 9.70. The first-order chi connectivity index (χ1) is 18.4. The number of hydrogen-bond donors (Lipinski definition) is 0. The zero-order valence-corrected chi connectivity index (χ0v) is 21.7. The molecule has 2 heterocycles. The van der Waals surface area contributed by atoms with Crippen molar-refractivity contribution in [2.45, 2.75) is 63.9 Å². The number of esters is 1. The molecule has 0 amide bonds. The minimum Gasteiger partial charge on any atom is -0.455 e. The molecule has 2 fully saturated rings. The van der Waals surface area contributed by atoms with Crippen molar-refractivity contribution < 1.29 is 28.5 Å². The quantitative estimate of drug-likeness (QED) is 0.220. The van der Waals surface area contributed by atoms with Crippen LogP contribution in [0.3, 0.4) is 0 Å². The molecular formula is C30H32N2O6. The average molecular weight is 517 g/mol. The topological polar surface area (TPSA) is 78.8 Å². The van der Waals surface area contributed by atoms with Gasteiger partial charge >= 0.3 is 5.97 Å². The second kappa shape index (κ2) is 11.4. The maximum atomic E-state index is 12.9. The highest BCUT2D eigenvalue weighted by molar-refractivity contribution is 6.23. The van der Waals surface area contributed by atoms with Crippen molar-refractivity contribution in [1.29, 1.82) is 0 Å². The Morgan fingerprint density at radius 2 is 1.53 bits per heavy atom. The lowest BCUT2D eigenvalue weighted by Crippen LogP contribution is -2.43. The predicted molar refractivity (Wildman–Crippen MR) is 143 cm³/mol. The van der Waals surface area contributed by atoms with Crippen LogP contribution in [0.4, 0.5) is 11.4 Å². The van der Waals surface area contributed by atoms with Gasteiger partial charge in [0.25, 0.3) is 0 Å². The van der Waals surface area contributed by atoms with Gasteiger partial charge in [0.2, 0.25) is 0 Å². The van der Waals surface area contributed by atoms with Crippen LogP contribution >= 0.6 is 0 Å². The van der Waals surface area contributed by atoms with Gasteiger partial charge < -0.3 is 23.7 Å². The van der Waals surface area contributed by atoms with E-state index >= 15 is 0 Å². The van der Waals surface area contributed by atoms with Gasteiger partial charge in [-0.1, -0.05) is 66.7 Å². The molecule has 0 saturated carbocycles. The van der Waals surface area contributed by atoms with E-state index in [0.29, 0.717) is 6.61 Å². The van der Waals surface area contributed by atoms with Crippen LogP contribution in [0.25, 0.3) is 0 Å². The van der Waals surface area contributed by atoms with Gasteiger partial charge in [0.05, 0.1) is 18.0 Å². The number of ether oxygens (including phenoxy) is 5. The fourth-order valence-corrected chi connectivity index (χ4v) is 4.64. The van der Waals surface area contributed by atoms with E-state index in [1.54, 1.807) is 11.9 Å². The summed E-state index contributed by atoms with van der Waals surface area (Å²) in [5.41, 5.74) is 2.65. The van der Waals surface area contributed by atoms with Crippen molar-refractivity contribution >= 4 is 23.6 Å². The molecular weight excluding hydrogens is 484 g/mol. The van der Waals surface area contributed by atoms with Gasteiger partial charge in [-0.25, -0.2) is 9.80 Å². The first kappa shape index (κ1) is 26.1. The van der Waals surface area contributed by atoms with E-state index in [2.05, 4.69) is 5.10 Å². The van der Waals surface area contributed by atoms with Crippen molar-refractivity contribution in [2.24, 2.45) is 5.10 Å².